The van der Waals surface area contributed by atoms with Gasteiger partial charge in [-0.25, -0.2) is 0 Å². The number of hydrogen-bond acceptors (Lipinski definition) is 3. The van der Waals surface area contributed by atoms with Crippen molar-refractivity contribution in [2.45, 2.75) is 5.92 Å². The van der Waals surface area contributed by atoms with E-state index < -0.39 is 11.9 Å². The van der Waals surface area contributed by atoms with E-state index in [2.05, 4.69) is 0 Å². The summed E-state index contributed by atoms with van der Waals surface area (Å²) in [6, 6.07) is 7.41. The number of hydrogen-bond donors (Lipinski definition) is 2. The summed E-state index contributed by atoms with van der Waals surface area (Å²) in [5.74, 6) is -1.52. The summed E-state index contributed by atoms with van der Waals surface area (Å²) in [5, 5.41) is 9.03. The monoisotopic (exact) mass is 208 g/mol. The van der Waals surface area contributed by atoms with Crippen molar-refractivity contribution in [1.29, 1.82) is 0 Å². The quantitative estimate of drug-likeness (QED) is 0.770. The van der Waals surface area contributed by atoms with Gasteiger partial charge in [-0.1, -0.05) is 18.2 Å². The van der Waals surface area contributed by atoms with Crippen LogP contribution in [-0.2, 0) is 4.79 Å². The second kappa shape index (κ2) is 4.79. The molecule has 0 spiro atoms. The largest absolute Gasteiger partial charge is 0.481 e. The molecule has 4 heteroatoms. The molecule has 0 aromatic heterocycles. The molecule has 0 amide bonds. The van der Waals surface area contributed by atoms with Crippen LogP contribution in [-0.4, -0.2) is 31.7 Å². The van der Waals surface area contributed by atoms with Gasteiger partial charge in [-0.15, -0.1) is 0 Å². The fourth-order valence-electron chi connectivity index (χ4n) is 1.55. The number of carbonyl (C=O) groups is 1. The van der Waals surface area contributed by atoms with Gasteiger partial charge in [0.2, 0.25) is 0 Å². The van der Waals surface area contributed by atoms with Gasteiger partial charge in [0.25, 0.3) is 0 Å². The van der Waals surface area contributed by atoms with E-state index in [0.29, 0.717) is 0 Å². The Morgan fingerprint density at radius 1 is 1.47 bits per heavy atom. The lowest BCUT2D eigenvalue weighted by molar-refractivity contribution is -0.138. The molecule has 0 bridgehead atoms. The third-order valence-corrected chi connectivity index (χ3v) is 2.33. The molecule has 0 radical (unpaired) electrons. The van der Waals surface area contributed by atoms with E-state index in [1.54, 1.807) is 6.07 Å². The van der Waals surface area contributed by atoms with Crippen LogP contribution in [0.15, 0.2) is 24.3 Å². The molecule has 0 saturated carbocycles. The summed E-state index contributed by atoms with van der Waals surface area (Å²) < 4.78 is 0. The molecule has 4 nitrogen and oxygen atoms in total. The highest BCUT2D eigenvalue weighted by atomic mass is 16.4. The van der Waals surface area contributed by atoms with Crippen molar-refractivity contribution in [3.05, 3.63) is 29.8 Å². The van der Waals surface area contributed by atoms with Crippen LogP contribution in [0.25, 0.3) is 0 Å². The minimum absolute atomic E-state index is 0.111. The van der Waals surface area contributed by atoms with Crippen molar-refractivity contribution >= 4 is 11.7 Å². The average molecular weight is 208 g/mol. The van der Waals surface area contributed by atoms with Gasteiger partial charge in [-0.3, -0.25) is 4.79 Å². The van der Waals surface area contributed by atoms with Crippen LogP contribution in [0.2, 0.25) is 0 Å². The van der Waals surface area contributed by atoms with E-state index in [1.807, 2.05) is 37.2 Å². The Hall–Kier alpha value is -1.55. The number of aliphatic carboxylic acids is 1. The molecule has 1 unspecified atom stereocenters. The Morgan fingerprint density at radius 2 is 2.07 bits per heavy atom. The molecule has 1 atom stereocenters. The molecule has 0 aliphatic rings. The van der Waals surface area contributed by atoms with Crippen LogP contribution < -0.4 is 10.6 Å². The van der Waals surface area contributed by atoms with E-state index in [4.69, 9.17) is 10.8 Å². The SMILES string of the molecule is CN(C)c1ccccc1C(CN)C(=O)O. The Morgan fingerprint density at radius 3 is 2.53 bits per heavy atom. The molecule has 3 N–H and O–H groups in total. The molecule has 15 heavy (non-hydrogen) atoms. The zero-order valence-electron chi connectivity index (χ0n) is 8.97. The summed E-state index contributed by atoms with van der Waals surface area (Å²) in [7, 11) is 3.77. The third-order valence-electron chi connectivity index (χ3n) is 2.33. The van der Waals surface area contributed by atoms with Gasteiger partial charge in [0, 0.05) is 26.3 Å². The normalized spacial score (nSPS) is 12.2. The number of benzene rings is 1. The Labute approximate surface area is 89.3 Å². The lowest BCUT2D eigenvalue weighted by Gasteiger charge is -2.20. The maximum atomic E-state index is 11.0. The first-order chi connectivity index (χ1) is 7.07. The van der Waals surface area contributed by atoms with Gasteiger partial charge in [0.05, 0.1) is 5.92 Å². The topological polar surface area (TPSA) is 66.6 Å². The molecule has 82 valence electrons. The minimum atomic E-state index is -0.883. The molecule has 0 heterocycles. The van der Waals surface area contributed by atoms with Gasteiger partial charge in [-0.2, -0.15) is 0 Å². The first kappa shape index (κ1) is 11.5. The van der Waals surface area contributed by atoms with E-state index in [0.717, 1.165) is 11.3 Å². The van der Waals surface area contributed by atoms with Gasteiger partial charge in [0.15, 0.2) is 0 Å². The predicted octanol–water partition coefficient (Wildman–Crippen LogP) is 0.879. The van der Waals surface area contributed by atoms with Gasteiger partial charge in [0.1, 0.15) is 0 Å². The van der Waals surface area contributed by atoms with Gasteiger partial charge < -0.3 is 15.7 Å². The first-order valence-corrected chi connectivity index (χ1v) is 4.77. The number of nitrogens with two attached hydrogens (primary N) is 1. The lowest BCUT2D eigenvalue weighted by atomic mass is 9.97. The summed E-state index contributed by atoms with van der Waals surface area (Å²) in [4.78, 5) is 12.9. The molecular weight excluding hydrogens is 192 g/mol. The molecule has 1 aromatic carbocycles. The molecule has 0 aliphatic carbocycles. The zero-order valence-corrected chi connectivity index (χ0v) is 8.97. The second-order valence-electron chi connectivity index (χ2n) is 3.58. The van der Waals surface area contributed by atoms with Crippen molar-refractivity contribution in [3.63, 3.8) is 0 Å². The van der Waals surface area contributed by atoms with Crippen LogP contribution >= 0.6 is 0 Å². The van der Waals surface area contributed by atoms with Crippen molar-refractivity contribution < 1.29 is 9.90 Å². The fourth-order valence-corrected chi connectivity index (χ4v) is 1.55. The minimum Gasteiger partial charge on any atom is -0.481 e. The maximum absolute atomic E-state index is 11.0. The molecular formula is C11H16N2O2. The van der Waals surface area contributed by atoms with Crippen LogP contribution in [0.5, 0.6) is 0 Å². The van der Waals surface area contributed by atoms with Crippen LogP contribution in [0.1, 0.15) is 11.5 Å². The van der Waals surface area contributed by atoms with Crippen molar-refractivity contribution in [1.82, 2.24) is 0 Å². The third kappa shape index (κ3) is 2.47. The summed E-state index contributed by atoms with van der Waals surface area (Å²) in [6.07, 6.45) is 0. The van der Waals surface area contributed by atoms with Crippen LogP contribution in [0.4, 0.5) is 5.69 Å². The number of para-hydroxylation sites is 1. The Balaban J connectivity index is 3.16. The Kier molecular flexibility index (Phi) is 3.68. The highest BCUT2D eigenvalue weighted by molar-refractivity contribution is 5.79. The van der Waals surface area contributed by atoms with Crippen LogP contribution in [0.3, 0.4) is 0 Å². The predicted molar refractivity (Wildman–Crippen MR) is 60.2 cm³/mol. The summed E-state index contributed by atoms with van der Waals surface area (Å²) in [6.45, 7) is 0.111. The number of carboxylic acids is 1. The highest BCUT2D eigenvalue weighted by Crippen LogP contribution is 2.25. The molecule has 0 aliphatic heterocycles. The molecule has 1 aromatic rings. The van der Waals surface area contributed by atoms with Crippen molar-refractivity contribution in [2.75, 3.05) is 25.5 Å². The smallest absolute Gasteiger partial charge is 0.312 e. The zero-order chi connectivity index (χ0) is 11.4. The number of anilines is 1. The molecule has 1 rings (SSSR count). The van der Waals surface area contributed by atoms with Gasteiger partial charge in [-0.05, 0) is 11.6 Å². The highest BCUT2D eigenvalue weighted by Gasteiger charge is 2.21. The summed E-state index contributed by atoms with van der Waals surface area (Å²) in [5.41, 5.74) is 7.14. The average Bonchev–Trinajstić information content (AvgIpc) is 2.18. The number of nitrogens with zero attached hydrogens (tertiary/aromatic N) is 1. The lowest BCUT2D eigenvalue weighted by Crippen LogP contribution is -2.23. The van der Waals surface area contributed by atoms with E-state index in [-0.39, 0.29) is 6.54 Å². The maximum Gasteiger partial charge on any atom is 0.312 e. The number of carboxylic acid groups (broad SMARTS) is 1. The van der Waals surface area contributed by atoms with E-state index >= 15 is 0 Å². The first-order valence-electron chi connectivity index (χ1n) is 4.77. The summed E-state index contributed by atoms with van der Waals surface area (Å²) >= 11 is 0. The van der Waals surface area contributed by atoms with E-state index in [9.17, 15) is 4.79 Å². The van der Waals surface area contributed by atoms with Gasteiger partial charge >= 0.3 is 5.97 Å². The Bertz CT molecular complexity index is 350. The van der Waals surface area contributed by atoms with Crippen LogP contribution in [0, 0.1) is 0 Å². The fraction of sp³-hybridized carbons (Fsp3) is 0.364. The number of rotatable bonds is 4. The second-order valence-corrected chi connectivity index (χ2v) is 3.58. The molecule has 0 fully saturated rings. The van der Waals surface area contributed by atoms with E-state index in [1.165, 1.54) is 0 Å². The van der Waals surface area contributed by atoms with Crippen molar-refractivity contribution in [2.24, 2.45) is 5.73 Å². The molecule has 0 saturated heterocycles. The van der Waals surface area contributed by atoms with Crippen molar-refractivity contribution in [3.8, 4) is 0 Å². The standard InChI is InChI=1S/C11H16N2O2/c1-13(2)10-6-4-3-5-8(10)9(7-12)11(14)15/h3-6,9H,7,12H2,1-2H3,(H,14,15).